The van der Waals surface area contributed by atoms with Crippen molar-refractivity contribution in [1.82, 2.24) is 9.13 Å². The van der Waals surface area contributed by atoms with Gasteiger partial charge in [0.15, 0.2) is 0 Å². The third-order valence-electron chi connectivity index (χ3n) is 19.1. The van der Waals surface area contributed by atoms with Crippen molar-refractivity contribution < 1.29 is 9.47 Å². The molecule has 6 heterocycles. The van der Waals surface area contributed by atoms with Crippen LogP contribution in [0.5, 0.6) is 23.0 Å². The van der Waals surface area contributed by atoms with Crippen molar-refractivity contribution in [2.45, 2.75) is 0 Å². The Morgan fingerprint density at radius 3 is 0.965 bits per heavy atom. The quantitative estimate of drug-likeness (QED) is 0.130. The first-order valence-electron chi connectivity index (χ1n) is 29.7. The molecule has 0 N–H and O–H groups in total. The number of hydrogen-bond acceptors (Lipinski definition) is 4. The Kier molecular flexibility index (Phi) is 9.26. The Bertz CT molecular complexity index is 5180. The number of nitrogens with zero attached hydrogens (tertiary/aromatic N) is 4. The third kappa shape index (κ3) is 6.11. The predicted molar refractivity (Wildman–Crippen MR) is 359 cm³/mol. The molecule has 6 nitrogen and oxygen atoms in total. The molecule has 4 aliphatic rings. The predicted octanol–water partition coefficient (Wildman–Crippen LogP) is 16.2. The van der Waals surface area contributed by atoms with E-state index in [0.29, 0.717) is 0 Å². The number of para-hydroxylation sites is 8. The van der Waals surface area contributed by atoms with Gasteiger partial charge in [-0.15, -0.1) is 0 Å². The van der Waals surface area contributed by atoms with Crippen LogP contribution in [0.3, 0.4) is 0 Å². The average molecular weight is 1090 g/mol. The van der Waals surface area contributed by atoms with Crippen LogP contribution < -0.4 is 52.1 Å². The lowest BCUT2D eigenvalue weighted by Gasteiger charge is -2.41. The van der Waals surface area contributed by atoms with Crippen LogP contribution in [0, 0.1) is 0 Å². The van der Waals surface area contributed by atoms with Gasteiger partial charge in [0.25, 0.3) is 13.4 Å². The Labute approximate surface area is 495 Å². The van der Waals surface area contributed by atoms with Gasteiger partial charge in [-0.3, -0.25) is 0 Å². The van der Waals surface area contributed by atoms with Gasteiger partial charge < -0.3 is 28.4 Å². The summed E-state index contributed by atoms with van der Waals surface area (Å²) < 4.78 is 20.4. The molecule has 0 radical (unpaired) electrons. The molecule has 20 rings (SSSR count). The first kappa shape index (κ1) is 46.3. The van der Waals surface area contributed by atoms with Crippen LogP contribution in [0.15, 0.2) is 279 Å². The second-order valence-corrected chi connectivity index (χ2v) is 23.4. The molecule has 0 bridgehead atoms. The zero-order valence-corrected chi connectivity index (χ0v) is 46.3. The molecule has 396 valence electrons. The van der Waals surface area contributed by atoms with Gasteiger partial charge in [0.05, 0.1) is 33.4 Å². The van der Waals surface area contributed by atoms with Gasteiger partial charge in [-0.1, -0.05) is 194 Å². The van der Waals surface area contributed by atoms with Gasteiger partial charge >= 0.3 is 0 Å². The lowest BCUT2D eigenvalue weighted by atomic mass is 9.34. The number of fused-ring (bicyclic) bond motifs is 22. The van der Waals surface area contributed by atoms with Crippen LogP contribution in [0.2, 0.25) is 0 Å². The Morgan fingerprint density at radius 2 is 0.570 bits per heavy atom. The molecule has 0 amide bonds. The van der Waals surface area contributed by atoms with Gasteiger partial charge in [-0.25, -0.2) is 0 Å². The average Bonchev–Trinajstić information content (AvgIpc) is 1.01. The summed E-state index contributed by atoms with van der Waals surface area (Å²) in [5.74, 6) is 3.48. The minimum absolute atomic E-state index is 0.117. The van der Waals surface area contributed by atoms with E-state index in [1.54, 1.807) is 0 Å². The highest BCUT2D eigenvalue weighted by Gasteiger charge is 2.45. The van der Waals surface area contributed by atoms with Gasteiger partial charge in [-0.2, -0.15) is 0 Å². The largest absolute Gasteiger partial charge is 0.458 e. The van der Waals surface area contributed by atoms with Gasteiger partial charge in [-0.05, 0) is 127 Å². The highest BCUT2D eigenvalue weighted by Crippen LogP contribution is 2.51. The van der Waals surface area contributed by atoms with Crippen molar-refractivity contribution >= 4 is 156 Å². The molecule has 14 aromatic carbocycles. The third-order valence-corrected chi connectivity index (χ3v) is 19.1. The van der Waals surface area contributed by atoms with Crippen molar-refractivity contribution in [1.29, 1.82) is 0 Å². The lowest BCUT2D eigenvalue weighted by molar-refractivity contribution is 0.492. The van der Waals surface area contributed by atoms with Gasteiger partial charge in [0.2, 0.25) is 0 Å². The van der Waals surface area contributed by atoms with Crippen molar-refractivity contribution in [3.63, 3.8) is 0 Å². The van der Waals surface area contributed by atoms with E-state index in [-0.39, 0.29) is 13.4 Å². The maximum absolute atomic E-state index is 7.79. The molecule has 2 aromatic heterocycles. The molecule has 0 atom stereocenters. The summed E-state index contributed by atoms with van der Waals surface area (Å²) in [6.07, 6.45) is 0. The summed E-state index contributed by atoms with van der Waals surface area (Å²) in [6.45, 7) is -0.233. The van der Waals surface area contributed by atoms with Gasteiger partial charge in [0, 0.05) is 78.6 Å². The normalized spacial score (nSPS) is 13.4. The molecule has 4 aliphatic heterocycles. The fourth-order valence-electron chi connectivity index (χ4n) is 15.8. The highest BCUT2D eigenvalue weighted by atomic mass is 16.5. The molecule has 0 saturated carbocycles. The molecule has 8 heteroatoms. The Hall–Kier alpha value is -11.2. The second kappa shape index (κ2) is 17.2. The van der Waals surface area contributed by atoms with E-state index in [4.69, 9.17) is 9.47 Å². The van der Waals surface area contributed by atoms with E-state index in [1.165, 1.54) is 32.5 Å². The zero-order chi connectivity index (χ0) is 55.9. The number of aromatic nitrogens is 2. The number of rotatable bonds is 4. The van der Waals surface area contributed by atoms with Crippen LogP contribution in [0.1, 0.15) is 0 Å². The van der Waals surface area contributed by atoms with Crippen LogP contribution in [0.25, 0.3) is 87.3 Å². The fraction of sp³-hybridized carbons (Fsp3) is 0. The van der Waals surface area contributed by atoms with Crippen LogP contribution in [-0.4, -0.2) is 22.6 Å². The highest BCUT2D eigenvalue weighted by molar-refractivity contribution is 7.00. The molecular formula is C78H46B2N4O2. The second-order valence-electron chi connectivity index (χ2n) is 23.4. The smallest absolute Gasteiger partial charge is 0.256 e. The molecule has 0 aliphatic carbocycles. The molecule has 0 fully saturated rings. The number of benzene rings is 14. The van der Waals surface area contributed by atoms with Crippen molar-refractivity contribution in [2.75, 3.05) is 9.80 Å². The summed E-state index contributed by atoms with van der Waals surface area (Å²) in [4.78, 5) is 4.89. The maximum Gasteiger partial charge on any atom is 0.256 e. The van der Waals surface area contributed by atoms with Crippen LogP contribution in [-0.2, 0) is 0 Å². The van der Waals surface area contributed by atoms with Crippen LogP contribution >= 0.6 is 0 Å². The zero-order valence-electron chi connectivity index (χ0n) is 46.3. The summed E-state index contributed by atoms with van der Waals surface area (Å²) in [6, 6.07) is 102. The van der Waals surface area contributed by atoms with E-state index in [9.17, 15) is 0 Å². The Balaban J connectivity index is 0.848. The molecule has 86 heavy (non-hydrogen) atoms. The SMILES string of the molecule is c1ccc(N2c3ccccc3B3c4ccc5c6ccc7c(c6c6ccccc6c5c4Oc4cc(-n5c6ccccc6c6ccccc65)cc2c43)Oc2cc(-n3c4ccccc4c4ccccc43)cc3c2B7c2ccccc2N3c2ccccc2)cc1. The molecular weight excluding hydrogens is 1050 g/mol. The first-order valence-corrected chi connectivity index (χ1v) is 29.7. The minimum Gasteiger partial charge on any atom is -0.458 e. The maximum atomic E-state index is 7.79. The molecule has 16 aromatic rings. The summed E-state index contributed by atoms with van der Waals surface area (Å²) in [5.41, 5.74) is 20.5. The minimum atomic E-state index is -0.117. The monoisotopic (exact) mass is 1090 g/mol. The van der Waals surface area contributed by atoms with E-state index >= 15 is 0 Å². The molecule has 0 unspecified atom stereocenters. The van der Waals surface area contributed by atoms with Crippen molar-refractivity contribution in [3.8, 4) is 34.4 Å². The van der Waals surface area contributed by atoms with Crippen molar-refractivity contribution in [3.05, 3.63) is 279 Å². The van der Waals surface area contributed by atoms with E-state index in [2.05, 4.69) is 298 Å². The summed E-state index contributed by atoms with van der Waals surface area (Å²) in [5, 5.41) is 11.5. The molecule has 0 spiro atoms. The number of ether oxygens (including phenoxy) is 2. The first-order chi connectivity index (χ1) is 42.7. The Morgan fingerprint density at radius 1 is 0.244 bits per heavy atom. The number of anilines is 6. The van der Waals surface area contributed by atoms with Crippen LogP contribution in [0.4, 0.5) is 34.1 Å². The van der Waals surface area contributed by atoms with Crippen molar-refractivity contribution in [2.24, 2.45) is 0 Å². The summed E-state index contributed by atoms with van der Waals surface area (Å²) >= 11 is 0. The lowest BCUT2D eigenvalue weighted by Crippen LogP contribution is -2.59. The summed E-state index contributed by atoms with van der Waals surface area (Å²) in [7, 11) is 0. The standard InChI is InChI=1S/C78H46B2N4O2/c1-3-21-47(22-4-1)81-67-37-19-13-31-59(67)79-61-41-39-57-58-40-42-62-78(74(58)56-30-8-7-29-55(56)73(57)77(61)85-71-45-49(43-69(81)75(71)79)83-63-33-15-9-25-51(63)52-26-10-16-34-64(52)83)86-72-46-50(84-65-35-17-11-27-53(65)54-28-12-18-36-66(54)84)44-70-76(72)80(62)60-32-14-20-38-68(60)82(70)48-23-5-2-6-24-48/h1-46H. The van der Waals surface area contributed by atoms with E-state index < -0.39 is 0 Å². The van der Waals surface area contributed by atoms with E-state index in [1.807, 2.05) is 0 Å². The van der Waals surface area contributed by atoms with Gasteiger partial charge in [0.1, 0.15) is 23.0 Å². The molecule has 0 saturated heterocycles. The fourth-order valence-corrected chi connectivity index (χ4v) is 15.8. The topological polar surface area (TPSA) is 34.8 Å². The van der Waals surface area contributed by atoms with E-state index in [0.717, 1.165) is 145 Å². The number of hydrogen-bond donors (Lipinski definition) is 0.